The van der Waals surface area contributed by atoms with Gasteiger partial charge in [0.1, 0.15) is 0 Å². The molecular weight excluding hydrogens is 342 g/mol. The quantitative estimate of drug-likeness (QED) is 0.713. The van der Waals surface area contributed by atoms with Crippen LogP contribution in [0.2, 0.25) is 0 Å². The summed E-state index contributed by atoms with van der Waals surface area (Å²) in [7, 11) is 0. The van der Waals surface area contributed by atoms with E-state index in [9.17, 15) is 4.79 Å². The number of pyridine rings is 1. The lowest BCUT2D eigenvalue weighted by atomic mass is 9.85. The van der Waals surface area contributed by atoms with Gasteiger partial charge in [0.05, 0.1) is 0 Å². The summed E-state index contributed by atoms with van der Waals surface area (Å²) in [6.07, 6.45) is 6.71. The fraction of sp³-hybridized carbons (Fsp3) is 0.429. The lowest BCUT2D eigenvalue weighted by Crippen LogP contribution is -2.34. The lowest BCUT2D eigenvalue weighted by molar-refractivity contribution is -0.117. The average Bonchev–Trinajstić information content (AvgIpc) is 2.69. The maximum Gasteiger partial charge on any atom is 0.224 e. The third-order valence-electron chi connectivity index (χ3n) is 4.91. The number of anilines is 1. The monoisotopic (exact) mass is 369 g/mol. The Labute approximate surface area is 160 Å². The van der Waals surface area contributed by atoms with Gasteiger partial charge in [-0.05, 0) is 73.7 Å². The standard InChI is InChI=1S/C21H27N3OS/c1-16(18-5-3-11-23-14-18)12-21(25)24-19-6-8-20(9-7-19)26-15-17-4-2-10-22-13-17/h2,4,6-10,13,16,18,23H,3,5,11-12,14-15H2,1H3,(H,24,25). The van der Waals surface area contributed by atoms with Crippen molar-refractivity contribution in [2.75, 3.05) is 18.4 Å². The average molecular weight is 370 g/mol. The molecule has 1 aromatic heterocycles. The van der Waals surface area contributed by atoms with E-state index in [1.807, 2.05) is 24.4 Å². The summed E-state index contributed by atoms with van der Waals surface area (Å²) in [5.74, 6) is 2.03. The second-order valence-corrected chi connectivity index (χ2v) is 8.06. The van der Waals surface area contributed by atoms with Crippen LogP contribution in [0.25, 0.3) is 0 Å². The summed E-state index contributed by atoms with van der Waals surface area (Å²) in [6, 6.07) is 12.1. The summed E-state index contributed by atoms with van der Waals surface area (Å²) < 4.78 is 0. The van der Waals surface area contributed by atoms with Crippen molar-refractivity contribution in [3.8, 4) is 0 Å². The zero-order valence-electron chi connectivity index (χ0n) is 15.3. The van der Waals surface area contributed by atoms with Gasteiger partial charge < -0.3 is 10.6 Å². The van der Waals surface area contributed by atoms with Crippen molar-refractivity contribution in [3.05, 3.63) is 54.4 Å². The number of nitrogens with zero attached hydrogens (tertiary/aromatic N) is 1. The van der Waals surface area contributed by atoms with Gasteiger partial charge in [0.15, 0.2) is 0 Å². The van der Waals surface area contributed by atoms with Crippen LogP contribution in [0.5, 0.6) is 0 Å². The molecule has 1 aliphatic heterocycles. The van der Waals surface area contributed by atoms with Gasteiger partial charge in [0.2, 0.25) is 5.91 Å². The van der Waals surface area contributed by atoms with Crippen molar-refractivity contribution in [3.63, 3.8) is 0 Å². The summed E-state index contributed by atoms with van der Waals surface area (Å²) in [6.45, 7) is 4.34. The second kappa shape index (κ2) is 9.74. The van der Waals surface area contributed by atoms with Gasteiger partial charge in [0, 0.05) is 35.2 Å². The maximum atomic E-state index is 12.3. The molecule has 2 heterocycles. The fourth-order valence-corrected chi connectivity index (χ4v) is 4.15. The summed E-state index contributed by atoms with van der Waals surface area (Å²) in [5.41, 5.74) is 2.08. The van der Waals surface area contributed by atoms with Gasteiger partial charge in [-0.3, -0.25) is 9.78 Å². The second-order valence-electron chi connectivity index (χ2n) is 7.01. The summed E-state index contributed by atoms with van der Waals surface area (Å²) >= 11 is 1.77. The molecular formula is C21H27N3OS. The van der Waals surface area contributed by atoms with E-state index in [2.05, 4.69) is 40.7 Å². The lowest BCUT2D eigenvalue weighted by Gasteiger charge is -2.28. The number of aromatic nitrogens is 1. The predicted molar refractivity (Wildman–Crippen MR) is 108 cm³/mol. The highest BCUT2D eigenvalue weighted by atomic mass is 32.2. The first-order valence-corrected chi connectivity index (χ1v) is 10.3. The Kier molecular flexibility index (Phi) is 7.09. The van der Waals surface area contributed by atoms with E-state index in [-0.39, 0.29) is 5.91 Å². The van der Waals surface area contributed by atoms with Crippen molar-refractivity contribution < 1.29 is 4.79 Å². The van der Waals surface area contributed by atoms with Gasteiger partial charge in [-0.2, -0.15) is 0 Å². The first kappa shape index (κ1) is 18.9. The minimum Gasteiger partial charge on any atom is -0.326 e. The van der Waals surface area contributed by atoms with E-state index in [0.717, 1.165) is 24.5 Å². The van der Waals surface area contributed by atoms with E-state index in [4.69, 9.17) is 0 Å². The topological polar surface area (TPSA) is 54.0 Å². The third kappa shape index (κ3) is 5.85. The van der Waals surface area contributed by atoms with Crippen LogP contribution in [0.1, 0.15) is 31.7 Å². The zero-order valence-corrected chi connectivity index (χ0v) is 16.1. The Hall–Kier alpha value is -1.85. The third-order valence-corrected chi connectivity index (χ3v) is 6.00. The number of nitrogens with one attached hydrogen (secondary N) is 2. The van der Waals surface area contributed by atoms with Crippen LogP contribution < -0.4 is 10.6 Å². The van der Waals surface area contributed by atoms with Gasteiger partial charge >= 0.3 is 0 Å². The predicted octanol–water partition coefficient (Wildman–Crippen LogP) is 4.34. The molecule has 1 fully saturated rings. The van der Waals surface area contributed by atoms with Crippen LogP contribution in [0.3, 0.4) is 0 Å². The van der Waals surface area contributed by atoms with Crippen LogP contribution in [-0.2, 0) is 10.5 Å². The molecule has 1 saturated heterocycles. The Morgan fingerprint density at radius 3 is 2.88 bits per heavy atom. The Balaban J connectivity index is 1.45. The Bertz CT molecular complexity index is 684. The molecule has 0 bridgehead atoms. The molecule has 0 saturated carbocycles. The Morgan fingerprint density at radius 1 is 1.35 bits per heavy atom. The smallest absolute Gasteiger partial charge is 0.224 e. The summed E-state index contributed by atoms with van der Waals surface area (Å²) in [5, 5.41) is 6.47. The van der Waals surface area contributed by atoms with E-state index in [1.165, 1.54) is 23.3 Å². The highest BCUT2D eigenvalue weighted by Crippen LogP contribution is 2.25. The minimum absolute atomic E-state index is 0.110. The number of thioether (sulfide) groups is 1. The molecule has 26 heavy (non-hydrogen) atoms. The maximum absolute atomic E-state index is 12.3. The number of carbonyl (C=O) groups is 1. The van der Waals surface area contributed by atoms with Crippen molar-refractivity contribution >= 4 is 23.4 Å². The molecule has 1 aromatic carbocycles. The number of hydrogen-bond donors (Lipinski definition) is 2. The largest absolute Gasteiger partial charge is 0.326 e. The van der Waals surface area contributed by atoms with Gasteiger partial charge in [0.25, 0.3) is 0 Å². The van der Waals surface area contributed by atoms with Gasteiger partial charge in [-0.25, -0.2) is 0 Å². The number of benzene rings is 1. The van der Waals surface area contributed by atoms with E-state index >= 15 is 0 Å². The molecule has 0 aliphatic carbocycles. The summed E-state index contributed by atoms with van der Waals surface area (Å²) in [4.78, 5) is 17.6. The zero-order chi connectivity index (χ0) is 18.2. The first-order chi connectivity index (χ1) is 12.7. The molecule has 2 unspecified atom stereocenters. The number of piperidine rings is 1. The van der Waals surface area contributed by atoms with Crippen LogP contribution in [0, 0.1) is 11.8 Å². The van der Waals surface area contributed by atoms with Crippen LogP contribution in [0.4, 0.5) is 5.69 Å². The molecule has 138 valence electrons. The molecule has 3 rings (SSSR count). The van der Waals surface area contributed by atoms with E-state index < -0.39 is 0 Å². The van der Waals surface area contributed by atoms with Crippen LogP contribution >= 0.6 is 11.8 Å². The van der Waals surface area contributed by atoms with E-state index in [1.54, 1.807) is 18.0 Å². The molecule has 1 aliphatic rings. The van der Waals surface area contributed by atoms with Crippen LogP contribution in [0.15, 0.2) is 53.7 Å². The molecule has 0 radical (unpaired) electrons. The normalized spacial score (nSPS) is 18.3. The van der Waals surface area contributed by atoms with E-state index in [0.29, 0.717) is 18.3 Å². The molecule has 2 atom stereocenters. The first-order valence-electron chi connectivity index (χ1n) is 9.33. The van der Waals surface area contributed by atoms with Crippen molar-refractivity contribution in [1.29, 1.82) is 0 Å². The van der Waals surface area contributed by atoms with Gasteiger partial charge in [-0.1, -0.05) is 13.0 Å². The molecule has 4 nitrogen and oxygen atoms in total. The van der Waals surface area contributed by atoms with Crippen molar-refractivity contribution in [1.82, 2.24) is 10.3 Å². The minimum atomic E-state index is 0.110. The molecule has 5 heteroatoms. The molecule has 2 N–H and O–H groups in total. The SMILES string of the molecule is CC(CC(=O)Nc1ccc(SCc2cccnc2)cc1)C1CCCNC1. The Morgan fingerprint density at radius 2 is 2.19 bits per heavy atom. The fourth-order valence-electron chi connectivity index (χ4n) is 3.32. The molecule has 1 amide bonds. The number of rotatable bonds is 7. The highest BCUT2D eigenvalue weighted by molar-refractivity contribution is 7.98. The molecule has 0 spiro atoms. The van der Waals surface area contributed by atoms with Gasteiger partial charge in [-0.15, -0.1) is 11.8 Å². The van der Waals surface area contributed by atoms with Crippen molar-refractivity contribution in [2.45, 2.75) is 36.8 Å². The van der Waals surface area contributed by atoms with Crippen molar-refractivity contribution in [2.24, 2.45) is 11.8 Å². The number of carbonyl (C=O) groups excluding carboxylic acids is 1. The molecule has 2 aromatic rings. The number of hydrogen-bond acceptors (Lipinski definition) is 4. The van der Waals surface area contributed by atoms with Crippen LogP contribution in [-0.4, -0.2) is 24.0 Å². The highest BCUT2D eigenvalue weighted by Gasteiger charge is 2.21. The number of amides is 1.